The van der Waals surface area contributed by atoms with Gasteiger partial charge in [-0.05, 0) is 42.3 Å². The summed E-state index contributed by atoms with van der Waals surface area (Å²) < 4.78 is 5.58. The topological polar surface area (TPSA) is 151 Å². The number of anilines is 4. The Morgan fingerprint density at radius 2 is 2.09 bits per heavy atom. The summed E-state index contributed by atoms with van der Waals surface area (Å²) in [5.41, 5.74) is 8.97. The molecule has 0 saturated heterocycles. The Labute approximate surface area is 191 Å². The molecule has 3 aromatic rings. The van der Waals surface area contributed by atoms with Crippen LogP contribution in [-0.4, -0.2) is 56.3 Å². The van der Waals surface area contributed by atoms with Crippen molar-refractivity contribution in [3.63, 3.8) is 0 Å². The van der Waals surface area contributed by atoms with E-state index in [4.69, 9.17) is 10.5 Å². The van der Waals surface area contributed by atoms with Crippen molar-refractivity contribution in [3.05, 3.63) is 52.8 Å². The lowest BCUT2D eigenvalue weighted by atomic mass is 9.98. The van der Waals surface area contributed by atoms with Gasteiger partial charge in [-0.15, -0.1) is 10.2 Å². The van der Waals surface area contributed by atoms with E-state index >= 15 is 0 Å². The number of aliphatic hydroxyl groups is 1. The zero-order valence-electron chi connectivity index (χ0n) is 18.5. The smallest absolute Gasteiger partial charge is 0.273 e. The van der Waals surface area contributed by atoms with Crippen LogP contribution in [0.2, 0.25) is 0 Å². The number of fused-ring (bicyclic) bond motifs is 1. The molecule has 0 atom stereocenters. The number of benzene rings is 1. The third-order valence-electron chi connectivity index (χ3n) is 5.53. The summed E-state index contributed by atoms with van der Waals surface area (Å²) >= 11 is 0. The number of ether oxygens (including phenoxy) is 1. The SMILES string of the molecule is CCN1CCc2cc(OC)c(Nc3nnc(C(N)=O)c(Nc4ncccc4CO)n3)cc2C1. The average molecular weight is 451 g/mol. The maximum atomic E-state index is 11.9. The zero-order valence-corrected chi connectivity index (χ0v) is 18.5. The summed E-state index contributed by atoms with van der Waals surface area (Å²) in [6.07, 6.45) is 2.51. The number of primary amides is 1. The molecule has 1 aromatic carbocycles. The number of hydrogen-bond acceptors (Lipinski definition) is 10. The van der Waals surface area contributed by atoms with E-state index < -0.39 is 5.91 Å². The second-order valence-electron chi connectivity index (χ2n) is 7.56. The van der Waals surface area contributed by atoms with Gasteiger partial charge in [0.2, 0.25) is 5.95 Å². The number of nitrogens with one attached hydrogen (secondary N) is 2. The highest BCUT2D eigenvalue weighted by atomic mass is 16.5. The van der Waals surface area contributed by atoms with Gasteiger partial charge in [-0.25, -0.2) is 4.98 Å². The molecular weight excluding hydrogens is 424 g/mol. The molecule has 0 spiro atoms. The molecule has 33 heavy (non-hydrogen) atoms. The van der Waals surface area contributed by atoms with E-state index in [1.54, 1.807) is 25.4 Å². The predicted octanol–water partition coefficient (Wildman–Crippen LogP) is 1.73. The Morgan fingerprint density at radius 1 is 1.24 bits per heavy atom. The molecule has 1 amide bonds. The van der Waals surface area contributed by atoms with Crippen molar-refractivity contribution >= 4 is 29.2 Å². The maximum absolute atomic E-state index is 11.9. The summed E-state index contributed by atoms with van der Waals surface area (Å²) in [7, 11) is 1.61. The molecule has 0 radical (unpaired) electrons. The fourth-order valence-electron chi connectivity index (χ4n) is 3.73. The van der Waals surface area contributed by atoms with Crippen molar-refractivity contribution in [2.75, 3.05) is 30.8 Å². The van der Waals surface area contributed by atoms with Crippen molar-refractivity contribution in [3.8, 4) is 5.75 Å². The standard InChI is InChI=1S/C22H26N8O3/c1-3-30-8-6-13-10-17(33-2)16(9-15(13)11-30)25-22-27-21(18(19(23)32)28-29-22)26-20-14(12-31)5-4-7-24-20/h4-5,7,9-10,31H,3,6,8,11-12H2,1-2H3,(H2,23,32)(H2,24,25,26,27,29). The molecule has 0 bridgehead atoms. The summed E-state index contributed by atoms with van der Waals surface area (Å²) in [5.74, 6) is 0.410. The van der Waals surface area contributed by atoms with Crippen LogP contribution in [0.5, 0.6) is 5.75 Å². The van der Waals surface area contributed by atoms with Gasteiger partial charge in [0.25, 0.3) is 5.91 Å². The number of aromatic nitrogens is 4. The van der Waals surface area contributed by atoms with Gasteiger partial charge in [-0.3, -0.25) is 9.69 Å². The van der Waals surface area contributed by atoms with Crippen molar-refractivity contribution in [2.24, 2.45) is 5.73 Å². The van der Waals surface area contributed by atoms with Crippen molar-refractivity contribution < 1.29 is 14.6 Å². The highest BCUT2D eigenvalue weighted by Crippen LogP contribution is 2.33. The second kappa shape index (κ2) is 9.76. The van der Waals surface area contributed by atoms with E-state index in [-0.39, 0.29) is 24.1 Å². The molecule has 1 aliphatic rings. The van der Waals surface area contributed by atoms with Gasteiger partial charge in [0.1, 0.15) is 11.6 Å². The molecule has 0 fully saturated rings. The Kier molecular flexibility index (Phi) is 6.61. The Morgan fingerprint density at radius 3 is 2.82 bits per heavy atom. The summed E-state index contributed by atoms with van der Waals surface area (Å²) in [4.78, 5) is 22.8. The van der Waals surface area contributed by atoms with E-state index in [0.29, 0.717) is 22.8 Å². The van der Waals surface area contributed by atoms with Crippen LogP contribution < -0.4 is 21.1 Å². The van der Waals surface area contributed by atoms with Gasteiger partial charge in [0.05, 0.1) is 19.4 Å². The van der Waals surface area contributed by atoms with Gasteiger partial charge in [0, 0.05) is 24.8 Å². The van der Waals surface area contributed by atoms with Crippen molar-refractivity contribution in [1.29, 1.82) is 0 Å². The van der Waals surface area contributed by atoms with Crippen LogP contribution in [0.1, 0.15) is 34.1 Å². The summed E-state index contributed by atoms with van der Waals surface area (Å²) in [6.45, 7) is 4.74. The number of aliphatic hydroxyl groups excluding tert-OH is 1. The van der Waals surface area contributed by atoms with Gasteiger partial charge in [-0.2, -0.15) is 4.98 Å². The van der Waals surface area contributed by atoms with Gasteiger partial charge >= 0.3 is 0 Å². The first-order valence-corrected chi connectivity index (χ1v) is 10.6. The highest BCUT2D eigenvalue weighted by molar-refractivity contribution is 5.96. The third-order valence-corrected chi connectivity index (χ3v) is 5.53. The lowest BCUT2D eigenvalue weighted by molar-refractivity contribution is 0.0995. The molecule has 0 saturated carbocycles. The number of likely N-dealkylation sites (N-methyl/N-ethyl adjacent to an activating group) is 1. The van der Waals surface area contributed by atoms with Crippen LogP contribution in [0, 0.1) is 0 Å². The van der Waals surface area contributed by atoms with Crippen LogP contribution in [-0.2, 0) is 19.6 Å². The summed E-state index contributed by atoms with van der Waals surface area (Å²) in [6, 6.07) is 7.44. The van der Waals surface area contributed by atoms with Crippen LogP contribution >= 0.6 is 0 Å². The normalized spacial score (nSPS) is 13.3. The van der Waals surface area contributed by atoms with Gasteiger partial charge in [-0.1, -0.05) is 13.0 Å². The predicted molar refractivity (Wildman–Crippen MR) is 123 cm³/mol. The summed E-state index contributed by atoms with van der Waals surface area (Å²) in [5, 5.41) is 23.6. The maximum Gasteiger partial charge on any atom is 0.273 e. The first-order chi connectivity index (χ1) is 16.0. The molecule has 172 valence electrons. The second-order valence-corrected chi connectivity index (χ2v) is 7.56. The van der Waals surface area contributed by atoms with Crippen LogP contribution in [0.15, 0.2) is 30.5 Å². The Hall–Kier alpha value is -3.83. The van der Waals surface area contributed by atoms with E-state index in [9.17, 15) is 9.90 Å². The minimum atomic E-state index is -0.795. The van der Waals surface area contributed by atoms with Crippen LogP contribution in [0.4, 0.5) is 23.3 Å². The molecule has 2 aromatic heterocycles. The number of carbonyl (C=O) groups excluding carboxylic acids is 1. The fourth-order valence-corrected chi connectivity index (χ4v) is 3.73. The highest BCUT2D eigenvalue weighted by Gasteiger charge is 2.20. The quantitative estimate of drug-likeness (QED) is 0.399. The number of methoxy groups -OCH3 is 1. The third kappa shape index (κ3) is 4.83. The fraction of sp³-hybridized carbons (Fsp3) is 0.318. The number of nitrogens with two attached hydrogens (primary N) is 1. The van der Waals surface area contributed by atoms with Crippen molar-refractivity contribution in [1.82, 2.24) is 25.1 Å². The number of amides is 1. The van der Waals surface area contributed by atoms with E-state index in [1.807, 2.05) is 12.1 Å². The number of nitrogens with zero attached hydrogens (tertiary/aromatic N) is 5. The zero-order chi connectivity index (χ0) is 23.4. The molecule has 11 nitrogen and oxygen atoms in total. The van der Waals surface area contributed by atoms with E-state index in [2.05, 4.69) is 42.6 Å². The first-order valence-electron chi connectivity index (χ1n) is 10.6. The molecule has 5 N–H and O–H groups in total. The number of carbonyl (C=O) groups is 1. The molecule has 0 aliphatic carbocycles. The molecule has 3 heterocycles. The molecular formula is C22H26N8O3. The molecule has 11 heteroatoms. The number of pyridine rings is 1. The Bertz CT molecular complexity index is 1170. The average Bonchev–Trinajstić information content (AvgIpc) is 2.83. The minimum Gasteiger partial charge on any atom is -0.495 e. The van der Waals surface area contributed by atoms with Gasteiger partial charge < -0.3 is 26.2 Å². The number of rotatable bonds is 8. The molecule has 0 unspecified atom stereocenters. The monoisotopic (exact) mass is 450 g/mol. The lowest BCUT2D eigenvalue weighted by Gasteiger charge is -2.28. The largest absolute Gasteiger partial charge is 0.495 e. The molecule has 4 rings (SSSR count). The first kappa shape index (κ1) is 22.4. The van der Waals surface area contributed by atoms with E-state index in [0.717, 1.165) is 26.1 Å². The Balaban J connectivity index is 1.67. The number of hydrogen-bond donors (Lipinski definition) is 4. The minimum absolute atomic E-state index is 0.0717. The molecule has 1 aliphatic heterocycles. The van der Waals surface area contributed by atoms with Crippen molar-refractivity contribution in [2.45, 2.75) is 26.5 Å². The van der Waals surface area contributed by atoms with Crippen LogP contribution in [0.3, 0.4) is 0 Å². The lowest BCUT2D eigenvalue weighted by Crippen LogP contribution is -2.30. The van der Waals surface area contributed by atoms with E-state index in [1.165, 1.54) is 11.1 Å². The van der Waals surface area contributed by atoms with Crippen LogP contribution in [0.25, 0.3) is 0 Å². The van der Waals surface area contributed by atoms with Gasteiger partial charge in [0.15, 0.2) is 11.5 Å².